The van der Waals surface area contributed by atoms with Crippen molar-refractivity contribution in [1.82, 2.24) is 5.32 Å². The van der Waals surface area contributed by atoms with Gasteiger partial charge < -0.3 is 10.1 Å². The van der Waals surface area contributed by atoms with Gasteiger partial charge in [0.25, 0.3) is 0 Å². The van der Waals surface area contributed by atoms with E-state index in [1.807, 2.05) is 6.92 Å². The molecular weight excluding hydrogens is 238 g/mol. The van der Waals surface area contributed by atoms with Gasteiger partial charge in [-0.3, -0.25) is 4.79 Å². The molecular formula is C16H19NO2. The molecule has 0 atom stereocenters. The zero-order chi connectivity index (χ0) is 13.2. The Morgan fingerprint density at radius 1 is 1.37 bits per heavy atom. The summed E-state index contributed by atoms with van der Waals surface area (Å²) in [5.74, 6) is 1.15. The lowest BCUT2D eigenvalue weighted by molar-refractivity contribution is -0.120. The van der Waals surface area contributed by atoms with Crippen molar-refractivity contribution in [3.63, 3.8) is 0 Å². The van der Waals surface area contributed by atoms with Crippen molar-refractivity contribution in [2.24, 2.45) is 0 Å². The quantitative estimate of drug-likeness (QED) is 0.903. The largest absolute Gasteiger partial charge is 0.493 e. The van der Waals surface area contributed by atoms with Crippen LogP contribution in [0.5, 0.6) is 5.75 Å². The first-order valence-electron chi connectivity index (χ1n) is 7.03. The first kappa shape index (κ1) is 12.3. The molecule has 1 amide bonds. The second kappa shape index (κ2) is 5.08. The lowest BCUT2D eigenvalue weighted by Crippen LogP contribution is -2.22. The van der Waals surface area contributed by atoms with E-state index in [0.29, 0.717) is 13.0 Å². The molecule has 2 aliphatic rings. The van der Waals surface area contributed by atoms with Gasteiger partial charge in [0.05, 0.1) is 6.61 Å². The molecule has 1 aliphatic heterocycles. The van der Waals surface area contributed by atoms with E-state index in [0.717, 1.165) is 31.6 Å². The van der Waals surface area contributed by atoms with E-state index in [2.05, 4.69) is 23.5 Å². The highest BCUT2D eigenvalue weighted by atomic mass is 16.5. The standard InChI is InChI=1S/C16H19NO2/c1-2-15(18)17-9-7-12-4-3-11-5-6-14-13(16(11)12)8-10-19-14/h5-7H,2-4,8-10H2,1H3,(H,17,18). The third-order valence-corrected chi connectivity index (χ3v) is 3.92. The summed E-state index contributed by atoms with van der Waals surface area (Å²) in [5.41, 5.74) is 5.55. The van der Waals surface area contributed by atoms with Gasteiger partial charge in [-0.05, 0) is 35.6 Å². The maximum Gasteiger partial charge on any atom is 0.219 e. The first-order chi connectivity index (χ1) is 9.29. The summed E-state index contributed by atoms with van der Waals surface area (Å²) >= 11 is 0. The maximum absolute atomic E-state index is 11.3. The summed E-state index contributed by atoms with van der Waals surface area (Å²) in [6, 6.07) is 4.29. The molecule has 3 heteroatoms. The predicted molar refractivity (Wildman–Crippen MR) is 75.2 cm³/mol. The topological polar surface area (TPSA) is 38.3 Å². The van der Waals surface area contributed by atoms with Crippen molar-refractivity contribution in [3.05, 3.63) is 34.9 Å². The molecule has 1 aromatic carbocycles. The highest BCUT2D eigenvalue weighted by molar-refractivity contribution is 5.79. The van der Waals surface area contributed by atoms with Gasteiger partial charge in [-0.15, -0.1) is 0 Å². The van der Waals surface area contributed by atoms with E-state index in [1.165, 1.54) is 22.3 Å². The van der Waals surface area contributed by atoms with E-state index in [-0.39, 0.29) is 5.91 Å². The Labute approximate surface area is 113 Å². The minimum absolute atomic E-state index is 0.108. The first-order valence-corrected chi connectivity index (χ1v) is 7.03. The fraction of sp³-hybridized carbons (Fsp3) is 0.438. The number of benzene rings is 1. The number of carbonyl (C=O) groups excluding carboxylic acids is 1. The average Bonchev–Trinajstić information content (AvgIpc) is 3.03. The normalized spacial score (nSPS) is 18.1. The summed E-state index contributed by atoms with van der Waals surface area (Å²) in [5, 5.41) is 2.91. The molecule has 0 aromatic heterocycles. The van der Waals surface area contributed by atoms with Crippen molar-refractivity contribution in [3.8, 4) is 5.75 Å². The fourth-order valence-electron chi connectivity index (χ4n) is 2.94. The summed E-state index contributed by atoms with van der Waals surface area (Å²) in [4.78, 5) is 11.3. The van der Waals surface area contributed by atoms with Gasteiger partial charge >= 0.3 is 0 Å². The Morgan fingerprint density at radius 3 is 3.11 bits per heavy atom. The number of hydrogen-bond donors (Lipinski definition) is 1. The summed E-state index contributed by atoms with van der Waals surface area (Å²) in [6.45, 7) is 3.30. The molecule has 100 valence electrons. The number of rotatable bonds is 3. The number of carbonyl (C=O) groups is 1. The third kappa shape index (κ3) is 2.25. The van der Waals surface area contributed by atoms with E-state index in [9.17, 15) is 4.79 Å². The molecule has 1 N–H and O–H groups in total. The second-order valence-electron chi connectivity index (χ2n) is 5.06. The molecule has 0 radical (unpaired) electrons. The smallest absolute Gasteiger partial charge is 0.219 e. The number of ether oxygens (including phenoxy) is 1. The minimum atomic E-state index is 0.108. The van der Waals surface area contributed by atoms with Crippen LogP contribution in [0.25, 0.3) is 5.57 Å². The number of fused-ring (bicyclic) bond motifs is 3. The van der Waals surface area contributed by atoms with Crippen molar-refractivity contribution in [2.75, 3.05) is 13.2 Å². The van der Waals surface area contributed by atoms with Crippen LogP contribution in [0.15, 0.2) is 18.2 Å². The zero-order valence-corrected chi connectivity index (χ0v) is 11.3. The second-order valence-corrected chi connectivity index (χ2v) is 5.06. The number of allylic oxidation sites excluding steroid dienone is 1. The molecule has 1 aliphatic carbocycles. The Balaban J connectivity index is 1.83. The molecule has 1 heterocycles. The molecule has 0 bridgehead atoms. The number of nitrogens with one attached hydrogen (secondary N) is 1. The van der Waals surface area contributed by atoms with Crippen LogP contribution in [0.3, 0.4) is 0 Å². The van der Waals surface area contributed by atoms with Gasteiger partial charge in [0.15, 0.2) is 0 Å². The summed E-state index contributed by atoms with van der Waals surface area (Å²) < 4.78 is 5.64. The van der Waals surface area contributed by atoms with Gasteiger partial charge in [-0.25, -0.2) is 0 Å². The van der Waals surface area contributed by atoms with Gasteiger partial charge in [-0.1, -0.05) is 19.1 Å². The van der Waals surface area contributed by atoms with E-state index in [1.54, 1.807) is 0 Å². The van der Waals surface area contributed by atoms with Crippen molar-refractivity contribution >= 4 is 11.5 Å². The number of aryl methyl sites for hydroxylation is 1. The summed E-state index contributed by atoms with van der Waals surface area (Å²) in [7, 11) is 0. The van der Waals surface area contributed by atoms with E-state index >= 15 is 0 Å². The highest BCUT2D eigenvalue weighted by Gasteiger charge is 2.25. The lowest BCUT2D eigenvalue weighted by atomic mass is 9.98. The maximum atomic E-state index is 11.3. The molecule has 0 saturated carbocycles. The van der Waals surface area contributed by atoms with Crippen LogP contribution >= 0.6 is 0 Å². The zero-order valence-electron chi connectivity index (χ0n) is 11.3. The van der Waals surface area contributed by atoms with Crippen LogP contribution in [0.2, 0.25) is 0 Å². The Morgan fingerprint density at radius 2 is 2.26 bits per heavy atom. The van der Waals surface area contributed by atoms with E-state index < -0.39 is 0 Å². The monoisotopic (exact) mass is 257 g/mol. The molecule has 0 unspecified atom stereocenters. The van der Waals surface area contributed by atoms with Crippen LogP contribution in [0, 0.1) is 0 Å². The summed E-state index contributed by atoms with van der Waals surface area (Å²) in [6.07, 6.45) is 5.90. The molecule has 0 saturated heterocycles. The predicted octanol–water partition coefficient (Wildman–Crippen LogP) is 2.48. The molecule has 3 nitrogen and oxygen atoms in total. The molecule has 0 fully saturated rings. The Kier molecular flexibility index (Phi) is 3.28. The highest BCUT2D eigenvalue weighted by Crippen LogP contribution is 2.40. The Bertz CT molecular complexity index is 546. The number of hydrogen-bond acceptors (Lipinski definition) is 2. The SMILES string of the molecule is CCC(=O)NCC=C1CCc2ccc3c(c21)CCO3. The van der Waals surface area contributed by atoms with Crippen LogP contribution in [0.4, 0.5) is 0 Å². The van der Waals surface area contributed by atoms with Crippen LogP contribution in [-0.2, 0) is 17.6 Å². The molecule has 19 heavy (non-hydrogen) atoms. The lowest BCUT2D eigenvalue weighted by Gasteiger charge is -2.08. The van der Waals surface area contributed by atoms with Crippen LogP contribution in [-0.4, -0.2) is 19.1 Å². The van der Waals surface area contributed by atoms with Gasteiger partial charge in [-0.2, -0.15) is 0 Å². The van der Waals surface area contributed by atoms with Gasteiger partial charge in [0, 0.05) is 24.9 Å². The van der Waals surface area contributed by atoms with Crippen LogP contribution in [0.1, 0.15) is 36.5 Å². The van der Waals surface area contributed by atoms with Gasteiger partial charge in [0.2, 0.25) is 5.91 Å². The van der Waals surface area contributed by atoms with Gasteiger partial charge in [0.1, 0.15) is 5.75 Å². The van der Waals surface area contributed by atoms with E-state index in [4.69, 9.17) is 4.74 Å². The average molecular weight is 257 g/mol. The fourth-order valence-corrected chi connectivity index (χ4v) is 2.94. The Hall–Kier alpha value is -1.77. The van der Waals surface area contributed by atoms with Crippen molar-refractivity contribution in [2.45, 2.75) is 32.6 Å². The molecule has 0 spiro atoms. The minimum Gasteiger partial charge on any atom is -0.493 e. The molecule has 3 rings (SSSR count). The van der Waals surface area contributed by atoms with Crippen molar-refractivity contribution in [1.29, 1.82) is 0 Å². The van der Waals surface area contributed by atoms with Crippen molar-refractivity contribution < 1.29 is 9.53 Å². The van der Waals surface area contributed by atoms with Crippen LogP contribution < -0.4 is 10.1 Å². The third-order valence-electron chi connectivity index (χ3n) is 3.92. The molecule has 1 aromatic rings. The number of amides is 1.